The predicted octanol–water partition coefficient (Wildman–Crippen LogP) is 6.92. The first-order valence-corrected chi connectivity index (χ1v) is 11.5. The fourth-order valence-electron chi connectivity index (χ4n) is 3.25. The van der Waals surface area contributed by atoms with Crippen LogP contribution in [0.25, 0.3) is 0 Å². The van der Waals surface area contributed by atoms with Crippen molar-refractivity contribution in [3.63, 3.8) is 0 Å². The molecule has 0 N–H and O–H groups in total. The topological polar surface area (TPSA) is 52.6 Å². The van der Waals surface area contributed by atoms with Crippen molar-refractivity contribution < 1.29 is 19.1 Å². The first kappa shape index (κ1) is 25.2. The Morgan fingerprint density at radius 3 is 2.00 bits per heavy atom. The highest BCUT2D eigenvalue weighted by Crippen LogP contribution is 2.15. The zero-order valence-electron chi connectivity index (χ0n) is 18.5. The van der Waals surface area contributed by atoms with Gasteiger partial charge >= 0.3 is 11.9 Å². The van der Waals surface area contributed by atoms with E-state index in [1.165, 1.54) is 25.7 Å². The molecule has 0 aliphatic heterocycles. The first-order valence-electron chi connectivity index (χ1n) is 11.5. The van der Waals surface area contributed by atoms with Crippen molar-refractivity contribution in [2.45, 2.75) is 104 Å². The SMILES string of the molecule is CCCCCCCCOC(=O)CCCCCCCCC(=O)Oc1cccc(C)c1. The maximum Gasteiger partial charge on any atom is 0.311 e. The largest absolute Gasteiger partial charge is 0.466 e. The summed E-state index contributed by atoms with van der Waals surface area (Å²) >= 11 is 0. The smallest absolute Gasteiger partial charge is 0.311 e. The molecule has 0 unspecified atom stereocenters. The molecule has 1 aromatic rings. The van der Waals surface area contributed by atoms with E-state index in [1.54, 1.807) is 0 Å². The summed E-state index contributed by atoms with van der Waals surface area (Å²) in [6.07, 6.45) is 14.2. The number of benzene rings is 1. The Morgan fingerprint density at radius 2 is 1.34 bits per heavy atom. The molecule has 0 radical (unpaired) electrons. The van der Waals surface area contributed by atoms with Crippen LogP contribution in [0.1, 0.15) is 102 Å². The summed E-state index contributed by atoms with van der Waals surface area (Å²) in [7, 11) is 0. The highest BCUT2D eigenvalue weighted by atomic mass is 16.5. The van der Waals surface area contributed by atoms with Crippen molar-refractivity contribution in [2.75, 3.05) is 6.61 Å². The van der Waals surface area contributed by atoms with Gasteiger partial charge in [0.15, 0.2) is 0 Å². The first-order chi connectivity index (χ1) is 14.1. The third-order valence-corrected chi connectivity index (χ3v) is 4.99. The molecule has 1 rings (SSSR count). The molecular weight excluding hydrogens is 364 g/mol. The molecule has 0 aromatic heterocycles. The summed E-state index contributed by atoms with van der Waals surface area (Å²) in [6.45, 7) is 4.77. The highest BCUT2D eigenvalue weighted by Gasteiger charge is 2.05. The Labute approximate surface area is 177 Å². The van der Waals surface area contributed by atoms with Gasteiger partial charge in [0, 0.05) is 12.8 Å². The maximum atomic E-state index is 11.8. The molecule has 1 aromatic carbocycles. The molecule has 164 valence electrons. The number of rotatable bonds is 17. The van der Waals surface area contributed by atoms with Gasteiger partial charge in [0.25, 0.3) is 0 Å². The van der Waals surface area contributed by atoms with Crippen LogP contribution in [0, 0.1) is 6.92 Å². The van der Waals surface area contributed by atoms with Gasteiger partial charge in [-0.1, -0.05) is 76.8 Å². The van der Waals surface area contributed by atoms with Crippen molar-refractivity contribution in [3.8, 4) is 5.75 Å². The van der Waals surface area contributed by atoms with E-state index in [-0.39, 0.29) is 11.9 Å². The van der Waals surface area contributed by atoms with Gasteiger partial charge in [0.05, 0.1) is 6.61 Å². The fraction of sp³-hybridized carbons (Fsp3) is 0.680. The number of carbonyl (C=O) groups excluding carboxylic acids is 2. The second-order valence-electron chi connectivity index (χ2n) is 7.90. The molecule has 0 fully saturated rings. The minimum absolute atomic E-state index is 0.0579. The van der Waals surface area contributed by atoms with Crippen molar-refractivity contribution in [1.82, 2.24) is 0 Å². The van der Waals surface area contributed by atoms with Crippen molar-refractivity contribution >= 4 is 11.9 Å². The van der Waals surface area contributed by atoms with Crippen LogP contribution in [0.15, 0.2) is 24.3 Å². The van der Waals surface area contributed by atoms with Crippen molar-refractivity contribution in [2.24, 2.45) is 0 Å². The molecule has 0 amide bonds. The zero-order chi connectivity index (χ0) is 21.2. The summed E-state index contributed by atoms with van der Waals surface area (Å²) in [5, 5.41) is 0. The Kier molecular flexibility index (Phi) is 14.8. The van der Waals surface area contributed by atoms with Crippen LogP contribution in [0.4, 0.5) is 0 Å². The van der Waals surface area contributed by atoms with Gasteiger partial charge in [-0.3, -0.25) is 9.59 Å². The number of esters is 2. The van der Waals surface area contributed by atoms with E-state index in [2.05, 4.69) is 6.92 Å². The number of unbranched alkanes of at least 4 members (excludes halogenated alkanes) is 10. The van der Waals surface area contributed by atoms with Crippen LogP contribution in [-0.2, 0) is 14.3 Å². The second kappa shape index (κ2) is 17.1. The van der Waals surface area contributed by atoms with Crippen LogP contribution in [0.2, 0.25) is 0 Å². The number of ether oxygens (including phenoxy) is 2. The summed E-state index contributed by atoms with van der Waals surface area (Å²) in [5.41, 5.74) is 1.08. The number of carbonyl (C=O) groups is 2. The van der Waals surface area contributed by atoms with Gasteiger partial charge in [-0.05, 0) is 43.9 Å². The quantitative estimate of drug-likeness (QED) is 0.160. The predicted molar refractivity (Wildman–Crippen MR) is 118 cm³/mol. The standard InChI is InChI=1S/C25H40O4/c1-3-4-5-6-11-14-20-28-24(26)18-12-9-7-8-10-13-19-25(27)29-23-17-15-16-22(2)21-23/h15-17,21H,3-14,18-20H2,1-2H3. The van der Waals surface area contributed by atoms with Crippen LogP contribution >= 0.6 is 0 Å². The van der Waals surface area contributed by atoms with Gasteiger partial charge < -0.3 is 9.47 Å². The summed E-state index contributed by atoms with van der Waals surface area (Å²) in [4.78, 5) is 23.5. The molecule has 0 spiro atoms. The lowest BCUT2D eigenvalue weighted by molar-refractivity contribution is -0.144. The molecule has 0 saturated carbocycles. The third kappa shape index (κ3) is 14.8. The average Bonchev–Trinajstić information content (AvgIpc) is 2.69. The van der Waals surface area contributed by atoms with E-state index < -0.39 is 0 Å². The van der Waals surface area contributed by atoms with Crippen LogP contribution in [0.3, 0.4) is 0 Å². The van der Waals surface area contributed by atoms with E-state index in [1.807, 2.05) is 31.2 Å². The second-order valence-corrected chi connectivity index (χ2v) is 7.90. The monoisotopic (exact) mass is 404 g/mol. The molecular formula is C25H40O4. The van der Waals surface area contributed by atoms with Gasteiger partial charge in [-0.15, -0.1) is 0 Å². The molecule has 0 saturated heterocycles. The Morgan fingerprint density at radius 1 is 0.759 bits per heavy atom. The van der Waals surface area contributed by atoms with Crippen molar-refractivity contribution in [1.29, 1.82) is 0 Å². The minimum Gasteiger partial charge on any atom is -0.466 e. The van der Waals surface area contributed by atoms with E-state index in [0.717, 1.165) is 56.9 Å². The average molecular weight is 405 g/mol. The minimum atomic E-state index is -0.163. The molecule has 0 heterocycles. The molecule has 0 bridgehead atoms. The van der Waals surface area contributed by atoms with E-state index in [9.17, 15) is 9.59 Å². The zero-order valence-corrected chi connectivity index (χ0v) is 18.5. The molecule has 0 atom stereocenters. The maximum absolute atomic E-state index is 11.8. The Balaban J connectivity index is 1.88. The molecule has 4 heteroatoms. The van der Waals surface area contributed by atoms with Crippen LogP contribution in [0.5, 0.6) is 5.75 Å². The Bertz CT molecular complexity index is 568. The van der Waals surface area contributed by atoms with Gasteiger partial charge in [-0.2, -0.15) is 0 Å². The number of hydrogen-bond acceptors (Lipinski definition) is 4. The van der Waals surface area contributed by atoms with E-state index in [0.29, 0.717) is 25.2 Å². The number of hydrogen-bond donors (Lipinski definition) is 0. The molecule has 0 aliphatic carbocycles. The lowest BCUT2D eigenvalue weighted by Crippen LogP contribution is -2.07. The number of aryl methyl sites for hydroxylation is 1. The summed E-state index contributed by atoms with van der Waals surface area (Å²) in [5.74, 6) is 0.402. The molecule has 29 heavy (non-hydrogen) atoms. The van der Waals surface area contributed by atoms with Crippen LogP contribution in [-0.4, -0.2) is 18.5 Å². The van der Waals surface area contributed by atoms with Crippen molar-refractivity contribution in [3.05, 3.63) is 29.8 Å². The van der Waals surface area contributed by atoms with E-state index in [4.69, 9.17) is 9.47 Å². The van der Waals surface area contributed by atoms with Gasteiger partial charge in [0.2, 0.25) is 0 Å². The van der Waals surface area contributed by atoms with Gasteiger partial charge in [0.1, 0.15) is 5.75 Å². The normalized spacial score (nSPS) is 10.7. The molecule has 0 aliphatic rings. The van der Waals surface area contributed by atoms with Gasteiger partial charge in [-0.25, -0.2) is 0 Å². The lowest BCUT2D eigenvalue weighted by Gasteiger charge is -2.06. The lowest BCUT2D eigenvalue weighted by atomic mass is 10.1. The third-order valence-electron chi connectivity index (χ3n) is 4.99. The van der Waals surface area contributed by atoms with E-state index >= 15 is 0 Å². The van der Waals surface area contributed by atoms with Crippen LogP contribution < -0.4 is 4.74 Å². The Hall–Kier alpha value is -1.84. The summed E-state index contributed by atoms with van der Waals surface area (Å²) in [6, 6.07) is 7.55. The molecule has 4 nitrogen and oxygen atoms in total. The summed E-state index contributed by atoms with van der Waals surface area (Å²) < 4.78 is 10.6. The highest BCUT2D eigenvalue weighted by molar-refractivity contribution is 5.72. The fourth-order valence-corrected chi connectivity index (χ4v) is 3.25.